The summed E-state index contributed by atoms with van der Waals surface area (Å²) < 4.78 is 36.9. The number of rotatable bonds is 9. The Morgan fingerprint density at radius 3 is 2.38 bits per heavy atom. The van der Waals surface area contributed by atoms with Crippen molar-refractivity contribution in [2.24, 2.45) is 0 Å². The van der Waals surface area contributed by atoms with E-state index in [9.17, 15) is 18.0 Å². The Morgan fingerprint density at radius 1 is 1.07 bits per heavy atom. The van der Waals surface area contributed by atoms with E-state index in [0.29, 0.717) is 17.0 Å². The van der Waals surface area contributed by atoms with Crippen LogP contribution < -0.4 is 14.8 Å². The molecule has 8 nitrogen and oxygen atoms in total. The first-order chi connectivity index (χ1) is 13.7. The summed E-state index contributed by atoms with van der Waals surface area (Å²) in [7, 11) is -3.62. The van der Waals surface area contributed by atoms with Gasteiger partial charge in [-0.05, 0) is 57.2 Å². The number of benzene rings is 2. The van der Waals surface area contributed by atoms with Gasteiger partial charge in [0, 0.05) is 23.4 Å². The predicted octanol–water partition coefficient (Wildman–Crippen LogP) is 2.57. The molecule has 29 heavy (non-hydrogen) atoms. The first kappa shape index (κ1) is 22.4. The lowest BCUT2D eigenvalue weighted by Gasteiger charge is -2.11. The van der Waals surface area contributed by atoms with Crippen LogP contribution in [0.2, 0.25) is 0 Å². The Kier molecular flexibility index (Phi) is 7.74. The summed E-state index contributed by atoms with van der Waals surface area (Å²) in [5, 5.41) is 2.70. The zero-order valence-corrected chi connectivity index (χ0v) is 17.3. The highest BCUT2D eigenvalue weighted by molar-refractivity contribution is 7.89. The van der Waals surface area contributed by atoms with Gasteiger partial charge in [0.05, 0.1) is 11.5 Å². The van der Waals surface area contributed by atoms with Crippen molar-refractivity contribution in [2.45, 2.75) is 31.7 Å². The van der Waals surface area contributed by atoms with Gasteiger partial charge in [-0.25, -0.2) is 17.9 Å². The van der Waals surface area contributed by atoms with E-state index in [-0.39, 0.29) is 24.2 Å². The number of anilines is 1. The number of carbonyl (C=O) groups excluding carboxylic acids is 2. The van der Waals surface area contributed by atoms with Gasteiger partial charge in [0.2, 0.25) is 10.0 Å². The van der Waals surface area contributed by atoms with Crippen molar-refractivity contribution < 1.29 is 27.5 Å². The molecule has 0 aliphatic heterocycles. The molecule has 156 valence electrons. The summed E-state index contributed by atoms with van der Waals surface area (Å²) in [6, 6.07) is 11.9. The Bertz CT molecular complexity index is 955. The predicted molar refractivity (Wildman–Crippen MR) is 108 cm³/mol. The number of amides is 1. The molecule has 2 aromatic carbocycles. The molecule has 0 aliphatic carbocycles. The van der Waals surface area contributed by atoms with Crippen LogP contribution in [0, 0.1) is 0 Å². The minimum Gasteiger partial charge on any atom is -0.482 e. The van der Waals surface area contributed by atoms with Gasteiger partial charge in [-0.3, -0.25) is 4.79 Å². The van der Waals surface area contributed by atoms with Crippen molar-refractivity contribution in [3.05, 3.63) is 54.1 Å². The molecule has 2 rings (SSSR count). The lowest BCUT2D eigenvalue weighted by atomic mass is 10.2. The molecular weight excluding hydrogens is 396 g/mol. The highest BCUT2D eigenvalue weighted by Gasteiger charge is 2.16. The lowest BCUT2D eigenvalue weighted by Crippen LogP contribution is -2.30. The van der Waals surface area contributed by atoms with E-state index >= 15 is 0 Å². The Morgan fingerprint density at radius 2 is 1.76 bits per heavy atom. The Labute approximate surface area is 170 Å². The van der Waals surface area contributed by atoms with E-state index in [1.807, 2.05) is 0 Å². The van der Waals surface area contributed by atoms with Crippen molar-refractivity contribution in [3.8, 4) is 5.75 Å². The summed E-state index contributed by atoms with van der Waals surface area (Å²) in [5.41, 5.74) is 0.765. The van der Waals surface area contributed by atoms with E-state index in [4.69, 9.17) is 9.47 Å². The molecule has 2 aromatic rings. The van der Waals surface area contributed by atoms with Gasteiger partial charge in [0.15, 0.2) is 6.61 Å². The quantitative estimate of drug-likeness (QED) is 0.603. The molecule has 0 fully saturated rings. The van der Waals surface area contributed by atoms with Crippen LogP contribution in [0.1, 0.15) is 31.1 Å². The SMILES string of the molecule is CCOC(=O)COc1cccc(NC(=O)c2ccc(S(=O)(=O)NC(C)C)cc2)c1. The molecule has 0 atom stereocenters. The highest BCUT2D eigenvalue weighted by Crippen LogP contribution is 2.19. The highest BCUT2D eigenvalue weighted by atomic mass is 32.2. The normalized spacial score (nSPS) is 11.2. The molecule has 0 spiro atoms. The maximum atomic E-state index is 12.4. The standard InChI is InChI=1S/C20H24N2O6S/c1-4-27-19(23)13-28-17-7-5-6-16(12-17)21-20(24)15-8-10-18(11-9-15)29(25,26)22-14(2)3/h5-12,14,22H,4,13H2,1-3H3,(H,21,24). The van der Waals surface area contributed by atoms with Crippen molar-refractivity contribution >= 4 is 27.6 Å². The average molecular weight is 420 g/mol. The first-order valence-corrected chi connectivity index (χ1v) is 10.5. The number of hydrogen-bond donors (Lipinski definition) is 2. The number of carbonyl (C=O) groups is 2. The maximum Gasteiger partial charge on any atom is 0.344 e. The van der Waals surface area contributed by atoms with Gasteiger partial charge in [-0.1, -0.05) is 6.07 Å². The van der Waals surface area contributed by atoms with Crippen molar-refractivity contribution in [2.75, 3.05) is 18.5 Å². The van der Waals surface area contributed by atoms with Gasteiger partial charge in [0.1, 0.15) is 5.75 Å². The zero-order chi connectivity index (χ0) is 21.4. The second-order valence-corrected chi connectivity index (χ2v) is 8.09. The Hall–Kier alpha value is -2.91. The van der Waals surface area contributed by atoms with Crippen LogP contribution in [0.5, 0.6) is 5.75 Å². The topological polar surface area (TPSA) is 111 Å². The zero-order valence-electron chi connectivity index (χ0n) is 16.5. The third-order valence-corrected chi connectivity index (χ3v) is 5.25. The molecule has 0 radical (unpaired) electrons. The fourth-order valence-electron chi connectivity index (χ4n) is 2.38. The number of sulfonamides is 1. The minimum absolute atomic E-state index is 0.0807. The van der Waals surface area contributed by atoms with E-state index in [2.05, 4.69) is 10.0 Å². The molecule has 0 saturated carbocycles. The molecule has 0 unspecified atom stereocenters. The molecule has 0 aliphatic rings. The largest absolute Gasteiger partial charge is 0.482 e. The van der Waals surface area contributed by atoms with Gasteiger partial charge in [0.25, 0.3) is 5.91 Å². The monoisotopic (exact) mass is 420 g/mol. The molecule has 0 saturated heterocycles. The summed E-state index contributed by atoms with van der Waals surface area (Å²) in [5.74, 6) is -0.491. The van der Waals surface area contributed by atoms with Gasteiger partial charge in [-0.2, -0.15) is 0 Å². The van der Waals surface area contributed by atoms with Crippen LogP contribution in [0.4, 0.5) is 5.69 Å². The van der Waals surface area contributed by atoms with E-state index in [0.717, 1.165) is 0 Å². The van der Waals surface area contributed by atoms with E-state index < -0.39 is 21.9 Å². The third-order valence-electron chi connectivity index (χ3n) is 3.57. The van der Waals surface area contributed by atoms with Crippen molar-refractivity contribution in [3.63, 3.8) is 0 Å². The van der Waals surface area contributed by atoms with Crippen LogP contribution in [-0.2, 0) is 19.6 Å². The van der Waals surface area contributed by atoms with Crippen LogP contribution in [0.15, 0.2) is 53.4 Å². The second-order valence-electron chi connectivity index (χ2n) is 6.38. The van der Waals surface area contributed by atoms with Gasteiger partial charge < -0.3 is 14.8 Å². The molecule has 0 aromatic heterocycles. The molecule has 0 heterocycles. The van der Waals surface area contributed by atoms with Crippen LogP contribution in [0.3, 0.4) is 0 Å². The fourth-order valence-corrected chi connectivity index (χ4v) is 3.63. The Balaban J connectivity index is 2.03. The summed E-state index contributed by atoms with van der Waals surface area (Å²) in [4.78, 5) is 23.9. The average Bonchev–Trinajstić information content (AvgIpc) is 2.66. The summed E-state index contributed by atoms with van der Waals surface area (Å²) in [6.45, 7) is 5.20. The lowest BCUT2D eigenvalue weighted by molar-refractivity contribution is -0.145. The van der Waals surface area contributed by atoms with Gasteiger partial charge >= 0.3 is 5.97 Å². The molecule has 0 bridgehead atoms. The number of nitrogens with one attached hydrogen (secondary N) is 2. The minimum atomic E-state index is -3.62. The van der Waals surface area contributed by atoms with Crippen LogP contribution >= 0.6 is 0 Å². The first-order valence-electron chi connectivity index (χ1n) is 9.03. The smallest absolute Gasteiger partial charge is 0.344 e. The molecule has 9 heteroatoms. The van der Waals surface area contributed by atoms with E-state index in [1.54, 1.807) is 45.0 Å². The summed E-state index contributed by atoms with van der Waals surface area (Å²) >= 11 is 0. The van der Waals surface area contributed by atoms with Crippen LogP contribution in [0.25, 0.3) is 0 Å². The number of esters is 1. The van der Waals surface area contributed by atoms with Gasteiger partial charge in [-0.15, -0.1) is 0 Å². The summed E-state index contributed by atoms with van der Waals surface area (Å²) in [6.07, 6.45) is 0. The van der Waals surface area contributed by atoms with Crippen LogP contribution in [-0.4, -0.2) is 39.5 Å². The molecule has 2 N–H and O–H groups in total. The van der Waals surface area contributed by atoms with Crippen molar-refractivity contribution in [1.82, 2.24) is 4.72 Å². The number of hydrogen-bond acceptors (Lipinski definition) is 6. The maximum absolute atomic E-state index is 12.4. The molecule has 1 amide bonds. The third kappa shape index (κ3) is 6.88. The van der Waals surface area contributed by atoms with E-state index in [1.165, 1.54) is 24.3 Å². The second kappa shape index (κ2) is 10.0. The number of ether oxygens (including phenoxy) is 2. The molecular formula is C20H24N2O6S. The fraction of sp³-hybridized carbons (Fsp3) is 0.300. The van der Waals surface area contributed by atoms with Crippen molar-refractivity contribution in [1.29, 1.82) is 0 Å².